The molecule has 0 saturated heterocycles. The first-order valence-corrected chi connectivity index (χ1v) is 3.88. The molecule has 0 aliphatic rings. The normalized spacial score (nSPS) is 10.8. The molecule has 3 heteroatoms. The molecule has 3 nitrogen and oxygen atoms in total. The van der Waals surface area contributed by atoms with Crippen LogP contribution in [0.15, 0.2) is 0 Å². The predicted octanol–water partition coefficient (Wildman–Crippen LogP) is 1.60. The monoisotopic (exact) mass is 147 g/mol. The first-order valence-electron chi connectivity index (χ1n) is 3.88. The van der Waals surface area contributed by atoms with E-state index in [1.165, 1.54) is 5.23 Å². The van der Waals surface area contributed by atoms with Gasteiger partial charge in [-0.1, -0.05) is 12.2 Å². The van der Waals surface area contributed by atoms with E-state index in [9.17, 15) is 0 Å². The molecule has 10 heavy (non-hydrogen) atoms. The Labute approximate surface area is 62.8 Å². The molecule has 0 bridgehead atoms. The summed E-state index contributed by atoms with van der Waals surface area (Å²) in [7, 11) is 0. The minimum atomic E-state index is 0.664. The topological polar surface area (TPSA) is 21.7 Å². The van der Waals surface area contributed by atoms with Crippen molar-refractivity contribution in [3.63, 3.8) is 0 Å². The van der Waals surface area contributed by atoms with Crippen molar-refractivity contribution in [2.45, 2.75) is 27.2 Å². The largest absolute Gasteiger partial charge is 0.274 e. The second-order valence-corrected chi connectivity index (χ2v) is 1.90. The van der Waals surface area contributed by atoms with Gasteiger partial charge in [-0.25, -0.2) is 0 Å². The van der Waals surface area contributed by atoms with Crippen LogP contribution < -0.4 is 0 Å². The lowest BCUT2D eigenvalue weighted by Gasteiger charge is -2.17. The van der Waals surface area contributed by atoms with Crippen LogP contribution in [0.25, 0.3) is 0 Å². The molecule has 0 rings (SSSR count). The maximum absolute atomic E-state index is 5.19. The Balaban J connectivity index is 3.21. The van der Waals surface area contributed by atoms with Gasteiger partial charge in [-0.2, -0.15) is 0 Å². The Hall–Kier alpha value is -0.120. The lowest BCUT2D eigenvalue weighted by molar-refractivity contribution is -0.364. The number of rotatable bonds is 6. The highest BCUT2D eigenvalue weighted by Gasteiger charge is 1.98. The fraction of sp³-hybridized carbons (Fsp3) is 1.00. The van der Waals surface area contributed by atoms with Gasteiger partial charge < -0.3 is 0 Å². The highest BCUT2D eigenvalue weighted by Crippen LogP contribution is 1.92. The third-order valence-electron chi connectivity index (χ3n) is 0.971. The summed E-state index contributed by atoms with van der Waals surface area (Å²) in [6.45, 7) is 8.17. The summed E-state index contributed by atoms with van der Waals surface area (Å²) >= 11 is 0. The van der Waals surface area contributed by atoms with Crippen molar-refractivity contribution in [3.8, 4) is 0 Å². The Morgan fingerprint density at radius 2 is 1.80 bits per heavy atom. The molecule has 0 heterocycles. The van der Waals surface area contributed by atoms with Crippen molar-refractivity contribution in [2.75, 3.05) is 19.8 Å². The number of hydrogen-bond donors (Lipinski definition) is 0. The fourth-order valence-electron chi connectivity index (χ4n) is 0.557. The van der Waals surface area contributed by atoms with E-state index in [2.05, 4.69) is 6.92 Å². The Morgan fingerprint density at radius 3 is 2.20 bits per heavy atom. The number of hydrogen-bond acceptors (Lipinski definition) is 3. The van der Waals surface area contributed by atoms with Gasteiger partial charge in [-0.05, 0) is 20.3 Å². The van der Waals surface area contributed by atoms with Crippen molar-refractivity contribution in [2.24, 2.45) is 0 Å². The molecule has 0 aromatic carbocycles. The van der Waals surface area contributed by atoms with Gasteiger partial charge in [0.05, 0.1) is 13.2 Å². The van der Waals surface area contributed by atoms with E-state index in [0.29, 0.717) is 6.61 Å². The average Bonchev–Trinajstić information content (AvgIpc) is 1.98. The van der Waals surface area contributed by atoms with Crippen molar-refractivity contribution in [1.29, 1.82) is 0 Å². The first-order chi connectivity index (χ1) is 4.85. The highest BCUT2D eigenvalue weighted by molar-refractivity contribution is 4.22. The molecule has 0 atom stereocenters. The number of nitrogens with zero attached hydrogens (tertiary/aromatic N) is 1. The zero-order chi connectivity index (χ0) is 7.82. The summed E-state index contributed by atoms with van der Waals surface area (Å²) in [5, 5.41) is 1.52. The lowest BCUT2D eigenvalue weighted by atomic mass is 10.5. The first kappa shape index (κ1) is 9.88. The van der Waals surface area contributed by atoms with E-state index in [1.54, 1.807) is 0 Å². The van der Waals surface area contributed by atoms with Gasteiger partial charge in [0.2, 0.25) is 0 Å². The molecule has 0 aromatic rings. The van der Waals surface area contributed by atoms with E-state index < -0.39 is 0 Å². The Morgan fingerprint density at radius 1 is 1.10 bits per heavy atom. The summed E-state index contributed by atoms with van der Waals surface area (Å²) in [6, 6.07) is 0. The van der Waals surface area contributed by atoms with Gasteiger partial charge in [0, 0.05) is 6.54 Å². The van der Waals surface area contributed by atoms with Gasteiger partial charge in [-0.3, -0.25) is 9.68 Å². The van der Waals surface area contributed by atoms with Crippen molar-refractivity contribution in [1.82, 2.24) is 5.23 Å². The molecular formula is C7H17NO2. The van der Waals surface area contributed by atoms with Crippen LogP contribution in [0.1, 0.15) is 27.2 Å². The van der Waals surface area contributed by atoms with Gasteiger partial charge in [0.1, 0.15) is 0 Å². The zero-order valence-electron chi connectivity index (χ0n) is 7.09. The van der Waals surface area contributed by atoms with Gasteiger partial charge in [0.15, 0.2) is 0 Å². The van der Waals surface area contributed by atoms with Crippen molar-refractivity contribution >= 4 is 0 Å². The molecule has 0 aliphatic carbocycles. The molecule has 0 N–H and O–H groups in total. The minimum absolute atomic E-state index is 0.664. The summed E-state index contributed by atoms with van der Waals surface area (Å²) < 4.78 is 0. The van der Waals surface area contributed by atoms with Gasteiger partial charge >= 0.3 is 0 Å². The second-order valence-electron chi connectivity index (χ2n) is 1.90. The maximum atomic E-state index is 5.19. The quantitative estimate of drug-likeness (QED) is 0.533. The molecule has 0 fully saturated rings. The third kappa shape index (κ3) is 4.73. The van der Waals surface area contributed by atoms with Crippen LogP contribution in [0, 0.1) is 0 Å². The van der Waals surface area contributed by atoms with Gasteiger partial charge in [-0.15, -0.1) is 0 Å². The molecule has 0 unspecified atom stereocenters. The Kier molecular flexibility index (Phi) is 6.91. The molecule has 0 aromatic heterocycles. The van der Waals surface area contributed by atoms with Crippen LogP contribution in [0.3, 0.4) is 0 Å². The molecule has 62 valence electrons. The molecule has 0 saturated carbocycles. The number of hydroxylamine groups is 2. The van der Waals surface area contributed by atoms with E-state index in [1.807, 2.05) is 13.8 Å². The van der Waals surface area contributed by atoms with Gasteiger partial charge in [0.25, 0.3) is 0 Å². The van der Waals surface area contributed by atoms with Crippen molar-refractivity contribution in [3.05, 3.63) is 0 Å². The minimum Gasteiger partial charge on any atom is -0.274 e. The average molecular weight is 147 g/mol. The molecule has 0 spiro atoms. The van der Waals surface area contributed by atoms with Crippen LogP contribution in [0.5, 0.6) is 0 Å². The van der Waals surface area contributed by atoms with Crippen LogP contribution in [0.2, 0.25) is 0 Å². The van der Waals surface area contributed by atoms with E-state index in [-0.39, 0.29) is 0 Å². The van der Waals surface area contributed by atoms with E-state index in [0.717, 1.165) is 19.6 Å². The molecular weight excluding hydrogens is 130 g/mol. The van der Waals surface area contributed by atoms with Crippen molar-refractivity contribution < 1.29 is 9.68 Å². The highest BCUT2D eigenvalue weighted by atomic mass is 16.9. The summed E-state index contributed by atoms with van der Waals surface area (Å²) in [4.78, 5) is 10.3. The third-order valence-corrected chi connectivity index (χ3v) is 0.971. The van der Waals surface area contributed by atoms with E-state index in [4.69, 9.17) is 9.68 Å². The summed E-state index contributed by atoms with van der Waals surface area (Å²) in [5.74, 6) is 0. The molecule has 0 amide bonds. The molecule has 0 aliphatic heterocycles. The zero-order valence-corrected chi connectivity index (χ0v) is 7.09. The smallest absolute Gasteiger partial charge is 0.0709 e. The lowest BCUT2D eigenvalue weighted by Crippen LogP contribution is -2.24. The van der Waals surface area contributed by atoms with E-state index >= 15 is 0 Å². The summed E-state index contributed by atoms with van der Waals surface area (Å²) in [6.07, 6.45) is 1.02. The standard InChI is InChI=1S/C7H17NO2/c1-4-7-10-8(5-2)9-6-3/h4-7H2,1-3H3. The maximum Gasteiger partial charge on any atom is 0.0709 e. The second kappa shape index (κ2) is 6.99. The fourth-order valence-corrected chi connectivity index (χ4v) is 0.557. The van der Waals surface area contributed by atoms with Crippen LogP contribution in [0.4, 0.5) is 0 Å². The van der Waals surface area contributed by atoms with Crippen LogP contribution >= 0.6 is 0 Å². The SMILES string of the molecule is CCCON(CC)OCC. The predicted molar refractivity (Wildman–Crippen MR) is 40.2 cm³/mol. The van der Waals surface area contributed by atoms with Crippen LogP contribution in [-0.2, 0) is 9.68 Å². The molecule has 0 radical (unpaired) electrons. The summed E-state index contributed by atoms with van der Waals surface area (Å²) in [5.41, 5.74) is 0. The van der Waals surface area contributed by atoms with Crippen LogP contribution in [-0.4, -0.2) is 25.0 Å². The Bertz CT molecular complexity index is 68.6.